The molecule has 0 radical (unpaired) electrons. The summed E-state index contributed by atoms with van der Waals surface area (Å²) in [5.41, 5.74) is 6.95. The highest BCUT2D eigenvalue weighted by atomic mass is 32.1. The Morgan fingerprint density at radius 2 is 2.05 bits per heavy atom. The van der Waals surface area contributed by atoms with Gasteiger partial charge < -0.3 is 11.1 Å². The topological polar surface area (TPSA) is 55.1 Å². The molecule has 3 nitrogen and oxygen atoms in total. The molecule has 1 heterocycles. The van der Waals surface area contributed by atoms with Gasteiger partial charge in [0, 0.05) is 16.0 Å². The third-order valence-electron chi connectivity index (χ3n) is 2.52. The standard InChI is InChI=1S/C15H14N2OS/c16-9-4-7-12-8-10-19-14(12)11-17-15(18)13-5-2-1-3-6-13/h1-3,5-6,8,10H,9,11,16H2,(H,17,18). The van der Waals surface area contributed by atoms with Crippen LogP contribution in [-0.4, -0.2) is 12.5 Å². The SMILES string of the molecule is NCC#Cc1ccsc1CNC(=O)c1ccccc1. The molecule has 2 rings (SSSR count). The summed E-state index contributed by atoms with van der Waals surface area (Å²) in [7, 11) is 0. The molecule has 19 heavy (non-hydrogen) atoms. The van der Waals surface area contributed by atoms with E-state index in [2.05, 4.69) is 17.2 Å². The highest BCUT2D eigenvalue weighted by molar-refractivity contribution is 7.10. The molecule has 96 valence electrons. The summed E-state index contributed by atoms with van der Waals surface area (Å²) in [6.07, 6.45) is 0. The summed E-state index contributed by atoms with van der Waals surface area (Å²) in [4.78, 5) is 12.9. The number of amides is 1. The maximum atomic E-state index is 11.9. The van der Waals surface area contributed by atoms with Gasteiger partial charge in [-0.25, -0.2) is 0 Å². The number of carbonyl (C=O) groups is 1. The summed E-state index contributed by atoms with van der Waals surface area (Å²) in [6, 6.07) is 11.1. The molecule has 4 heteroatoms. The summed E-state index contributed by atoms with van der Waals surface area (Å²) in [6.45, 7) is 0.825. The molecule has 0 aliphatic heterocycles. The first-order valence-electron chi connectivity index (χ1n) is 5.90. The van der Waals surface area contributed by atoms with Crippen molar-refractivity contribution in [3.05, 3.63) is 57.8 Å². The van der Waals surface area contributed by atoms with Crippen molar-refractivity contribution >= 4 is 17.2 Å². The lowest BCUT2D eigenvalue weighted by atomic mass is 10.2. The van der Waals surface area contributed by atoms with E-state index in [0.717, 1.165) is 10.4 Å². The van der Waals surface area contributed by atoms with Gasteiger partial charge in [-0.1, -0.05) is 30.0 Å². The average Bonchev–Trinajstić information content (AvgIpc) is 2.91. The third kappa shape index (κ3) is 3.68. The van der Waals surface area contributed by atoms with Crippen molar-refractivity contribution < 1.29 is 4.79 Å². The van der Waals surface area contributed by atoms with Crippen molar-refractivity contribution in [3.63, 3.8) is 0 Å². The number of thiophene rings is 1. The van der Waals surface area contributed by atoms with Crippen LogP contribution in [0.4, 0.5) is 0 Å². The predicted molar refractivity (Wildman–Crippen MR) is 77.9 cm³/mol. The van der Waals surface area contributed by atoms with Gasteiger partial charge in [-0.15, -0.1) is 11.3 Å². The highest BCUT2D eigenvalue weighted by Crippen LogP contribution is 2.15. The molecule has 0 saturated carbocycles. The van der Waals surface area contributed by atoms with Crippen LogP contribution < -0.4 is 11.1 Å². The molecule has 0 atom stereocenters. The third-order valence-corrected chi connectivity index (χ3v) is 3.44. The first kappa shape index (κ1) is 13.3. The summed E-state index contributed by atoms with van der Waals surface area (Å²) in [5.74, 6) is 5.75. The number of hydrogen-bond acceptors (Lipinski definition) is 3. The fourth-order valence-electron chi connectivity index (χ4n) is 1.59. The molecule has 0 fully saturated rings. The lowest BCUT2D eigenvalue weighted by Gasteiger charge is -2.04. The van der Waals surface area contributed by atoms with E-state index in [1.54, 1.807) is 23.5 Å². The van der Waals surface area contributed by atoms with Gasteiger partial charge in [0.05, 0.1) is 13.1 Å². The van der Waals surface area contributed by atoms with Crippen molar-refractivity contribution in [2.75, 3.05) is 6.54 Å². The van der Waals surface area contributed by atoms with E-state index in [-0.39, 0.29) is 5.91 Å². The Kier molecular flexibility index (Phi) is 4.73. The smallest absolute Gasteiger partial charge is 0.251 e. The molecule has 1 aromatic carbocycles. The van der Waals surface area contributed by atoms with Gasteiger partial charge in [0.15, 0.2) is 0 Å². The van der Waals surface area contributed by atoms with E-state index in [9.17, 15) is 4.79 Å². The van der Waals surface area contributed by atoms with Gasteiger partial charge in [-0.3, -0.25) is 4.79 Å². The average molecular weight is 270 g/mol. The monoisotopic (exact) mass is 270 g/mol. The van der Waals surface area contributed by atoms with E-state index in [1.807, 2.05) is 29.6 Å². The van der Waals surface area contributed by atoms with Crippen LogP contribution in [0.2, 0.25) is 0 Å². The second-order valence-electron chi connectivity index (χ2n) is 3.81. The van der Waals surface area contributed by atoms with Crippen molar-refractivity contribution in [2.24, 2.45) is 5.73 Å². The van der Waals surface area contributed by atoms with Gasteiger partial charge in [-0.05, 0) is 23.6 Å². The first-order valence-corrected chi connectivity index (χ1v) is 6.78. The van der Waals surface area contributed by atoms with Crippen LogP contribution >= 0.6 is 11.3 Å². The Morgan fingerprint density at radius 3 is 2.79 bits per heavy atom. The van der Waals surface area contributed by atoms with Gasteiger partial charge in [-0.2, -0.15) is 0 Å². The second-order valence-corrected chi connectivity index (χ2v) is 4.81. The van der Waals surface area contributed by atoms with E-state index in [0.29, 0.717) is 18.7 Å². The zero-order valence-corrected chi connectivity index (χ0v) is 11.2. The number of rotatable bonds is 3. The Morgan fingerprint density at radius 1 is 1.26 bits per heavy atom. The van der Waals surface area contributed by atoms with Crippen molar-refractivity contribution in [2.45, 2.75) is 6.54 Å². The van der Waals surface area contributed by atoms with Crippen LogP contribution in [0.25, 0.3) is 0 Å². The second kappa shape index (κ2) is 6.74. The Balaban J connectivity index is 2.00. The van der Waals surface area contributed by atoms with E-state index < -0.39 is 0 Å². The molecule has 0 saturated heterocycles. The molecule has 1 amide bonds. The number of hydrogen-bond donors (Lipinski definition) is 2. The molecule has 1 aromatic heterocycles. The number of nitrogens with two attached hydrogens (primary N) is 1. The maximum absolute atomic E-state index is 11.9. The number of carbonyl (C=O) groups excluding carboxylic acids is 1. The fraction of sp³-hybridized carbons (Fsp3) is 0.133. The van der Waals surface area contributed by atoms with Crippen LogP contribution in [0.3, 0.4) is 0 Å². The Hall–Kier alpha value is -2.09. The molecule has 2 aromatic rings. The Bertz CT molecular complexity index is 608. The van der Waals surface area contributed by atoms with Gasteiger partial charge in [0.2, 0.25) is 0 Å². The summed E-state index contributed by atoms with van der Waals surface area (Å²) >= 11 is 1.58. The molecule has 0 aliphatic carbocycles. The molecule has 0 unspecified atom stereocenters. The lowest BCUT2D eigenvalue weighted by Crippen LogP contribution is -2.22. The first-order chi connectivity index (χ1) is 9.31. The maximum Gasteiger partial charge on any atom is 0.251 e. The van der Waals surface area contributed by atoms with Crippen LogP contribution in [0, 0.1) is 11.8 Å². The molecule has 0 spiro atoms. The fourth-order valence-corrected chi connectivity index (χ4v) is 2.36. The quantitative estimate of drug-likeness (QED) is 0.838. The van der Waals surface area contributed by atoms with Gasteiger partial charge in [0.1, 0.15) is 0 Å². The van der Waals surface area contributed by atoms with Crippen LogP contribution in [0.1, 0.15) is 20.8 Å². The van der Waals surface area contributed by atoms with Crippen LogP contribution in [0.5, 0.6) is 0 Å². The molecule has 3 N–H and O–H groups in total. The molecular weight excluding hydrogens is 256 g/mol. The molecule has 0 bridgehead atoms. The minimum Gasteiger partial charge on any atom is -0.347 e. The minimum absolute atomic E-state index is 0.0771. The van der Waals surface area contributed by atoms with Crippen molar-refractivity contribution in [3.8, 4) is 11.8 Å². The Labute approximate surface area is 116 Å². The molecular formula is C15H14N2OS. The minimum atomic E-state index is -0.0771. The normalized spacial score (nSPS) is 9.53. The highest BCUT2D eigenvalue weighted by Gasteiger charge is 2.06. The van der Waals surface area contributed by atoms with E-state index in [1.165, 1.54) is 0 Å². The molecule has 0 aliphatic rings. The van der Waals surface area contributed by atoms with E-state index >= 15 is 0 Å². The summed E-state index contributed by atoms with van der Waals surface area (Å²) in [5, 5.41) is 4.85. The predicted octanol–water partition coefficient (Wildman–Crippen LogP) is 1.99. The zero-order valence-electron chi connectivity index (χ0n) is 10.3. The lowest BCUT2D eigenvalue weighted by molar-refractivity contribution is 0.0951. The number of nitrogens with one attached hydrogen (secondary N) is 1. The van der Waals surface area contributed by atoms with E-state index in [4.69, 9.17) is 5.73 Å². The van der Waals surface area contributed by atoms with Crippen LogP contribution in [0.15, 0.2) is 41.8 Å². The zero-order chi connectivity index (χ0) is 13.5. The van der Waals surface area contributed by atoms with Crippen LogP contribution in [-0.2, 0) is 6.54 Å². The summed E-state index contributed by atoms with van der Waals surface area (Å²) < 4.78 is 0. The number of benzene rings is 1. The largest absolute Gasteiger partial charge is 0.347 e. The van der Waals surface area contributed by atoms with Crippen molar-refractivity contribution in [1.82, 2.24) is 5.32 Å². The van der Waals surface area contributed by atoms with Gasteiger partial charge in [0.25, 0.3) is 5.91 Å². The van der Waals surface area contributed by atoms with Crippen molar-refractivity contribution in [1.29, 1.82) is 0 Å². The van der Waals surface area contributed by atoms with Gasteiger partial charge >= 0.3 is 0 Å².